The molecule has 2 atom stereocenters. The first-order valence-electron chi connectivity index (χ1n) is 3.67. The van der Waals surface area contributed by atoms with Crippen molar-refractivity contribution in [2.24, 2.45) is 0 Å². The Morgan fingerprint density at radius 1 is 0.929 bits per heavy atom. The summed E-state index contributed by atoms with van der Waals surface area (Å²) in [5.41, 5.74) is 0. The van der Waals surface area contributed by atoms with Gasteiger partial charge >= 0.3 is 18.1 Å². The Hall–Kier alpha value is -1.79. The number of ether oxygens (including phenoxy) is 2. The number of carboxylic acid groups (broad SMARTS) is 2. The Morgan fingerprint density at radius 2 is 1.21 bits per heavy atom. The highest BCUT2D eigenvalue weighted by Gasteiger charge is 2.21. The number of aliphatic carboxylic acids is 2. The first-order chi connectivity index (χ1) is 6.34. The van der Waals surface area contributed by atoms with Crippen LogP contribution in [-0.2, 0) is 19.1 Å². The molecule has 80 valence electrons. The van der Waals surface area contributed by atoms with E-state index in [4.69, 9.17) is 10.2 Å². The van der Waals surface area contributed by atoms with E-state index in [-0.39, 0.29) is 0 Å². The SMILES string of the molecule is CC(OC(=O)OC(C)C(=O)O)C(=O)O. The van der Waals surface area contributed by atoms with Crippen LogP contribution in [0.4, 0.5) is 4.79 Å². The summed E-state index contributed by atoms with van der Waals surface area (Å²) < 4.78 is 8.42. The summed E-state index contributed by atoms with van der Waals surface area (Å²) in [6.07, 6.45) is -4.07. The number of hydrogen-bond donors (Lipinski definition) is 2. The van der Waals surface area contributed by atoms with E-state index in [0.717, 1.165) is 13.8 Å². The molecule has 0 saturated heterocycles. The van der Waals surface area contributed by atoms with E-state index >= 15 is 0 Å². The second kappa shape index (κ2) is 5.05. The fourth-order valence-electron chi connectivity index (χ4n) is 0.417. The van der Waals surface area contributed by atoms with Gasteiger partial charge in [0.05, 0.1) is 0 Å². The minimum atomic E-state index is -1.37. The van der Waals surface area contributed by atoms with Gasteiger partial charge in [-0.15, -0.1) is 0 Å². The van der Waals surface area contributed by atoms with E-state index in [1.54, 1.807) is 0 Å². The third-order valence-corrected chi connectivity index (χ3v) is 1.24. The Balaban J connectivity index is 3.99. The van der Waals surface area contributed by atoms with Crippen molar-refractivity contribution in [3.05, 3.63) is 0 Å². The molecule has 0 rings (SSSR count). The molecular weight excluding hydrogens is 196 g/mol. The molecule has 0 amide bonds. The van der Waals surface area contributed by atoms with E-state index in [2.05, 4.69) is 9.47 Å². The molecule has 0 spiro atoms. The van der Waals surface area contributed by atoms with Crippen molar-refractivity contribution in [2.75, 3.05) is 0 Å². The largest absolute Gasteiger partial charge is 0.509 e. The molecule has 0 aromatic rings. The van der Waals surface area contributed by atoms with E-state index in [1.807, 2.05) is 0 Å². The van der Waals surface area contributed by atoms with Crippen LogP contribution in [0, 0.1) is 0 Å². The fraction of sp³-hybridized carbons (Fsp3) is 0.571. The van der Waals surface area contributed by atoms with Gasteiger partial charge in [-0.2, -0.15) is 0 Å². The molecule has 0 aliphatic carbocycles. The third kappa shape index (κ3) is 4.29. The van der Waals surface area contributed by atoms with Gasteiger partial charge < -0.3 is 19.7 Å². The highest BCUT2D eigenvalue weighted by molar-refractivity contribution is 5.77. The molecule has 0 heterocycles. The van der Waals surface area contributed by atoms with Gasteiger partial charge in [-0.05, 0) is 13.8 Å². The summed E-state index contributed by atoms with van der Waals surface area (Å²) >= 11 is 0. The van der Waals surface area contributed by atoms with Crippen LogP contribution < -0.4 is 0 Å². The summed E-state index contributed by atoms with van der Waals surface area (Å²) in [7, 11) is 0. The average molecular weight is 206 g/mol. The van der Waals surface area contributed by atoms with Crippen LogP contribution in [0.3, 0.4) is 0 Å². The van der Waals surface area contributed by atoms with Crippen LogP contribution in [0.15, 0.2) is 0 Å². The topological polar surface area (TPSA) is 110 Å². The van der Waals surface area contributed by atoms with Gasteiger partial charge in [0.1, 0.15) is 0 Å². The number of hydrogen-bond acceptors (Lipinski definition) is 5. The number of carbonyl (C=O) groups is 3. The maximum atomic E-state index is 10.7. The molecule has 2 N–H and O–H groups in total. The van der Waals surface area contributed by atoms with Gasteiger partial charge in [0.15, 0.2) is 12.2 Å². The lowest BCUT2D eigenvalue weighted by Gasteiger charge is -2.11. The molecule has 0 saturated carbocycles. The van der Waals surface area contributed by atoms with Gasteiger partial charge in [-0.1, -0.05) is 0 Å². The predicted molar refractivity (Wildman–Crippen MR) is 41.8 cm³/mol. The number of rotatable bonds is 4. The zero-order valence-corrected chi connectivity index (χ0v) is 7.59. The summed E-state index contributed by atoms with van der Waals surface area (Å²) in [4.78, 5) is 31.1. The van der Waals surface area contributed by atoms with Gasteiger partial charge in [0.2, 0.25) is 0 Å². The summed E-state index contributed by atoms with van der Waals surface area (Å²) in [5.74, 6) is -2.69. The van der Waals surface area contributed by atoms with E-state index in [9.17, 15) is 14.4 Å². The molecule has 2 unspecified atom stereocenters. The monoisotopic (exact) mass is 206 g/mol. The summed E-state index contributed by atoms with van der Waals surface area (Å²) in [6.45, 7) is 2.24. The van der Waals surface area contributed by atoms with Crippen molar-refractivity contribution >= 4 is 18.1 Å². The van der Waals surface area contributed by atoms with Crippen molar-refractivity contribution in [3.8, 4) is 0 Å². The van der Waals surface area contributed by atoms with Crippen molar-refractivity contribution < 1.29 is 34.1 Å². The van der Waals surface area contributed by atoms with Crippen molar-refractivity contribution in [1.82, 2.24) is 0 Å². The van der Waals surface area contributed by atoms with Gasteiger partial charge in [-0.25, -0.2) is 14.4 Å². The number of carboxylic acids is 2. The van der Waals surface area contributed by atoms with Crippen LogP contribution in [0.1, 0.15) is 13.8 Å². The quantitative estimate of drug-likeness (QED) is 0.627. The Kier molecular flexibility index (Phi) is 4.41. The molecule has 7 nitrogen and oxygen atoms in total. The highest BCUT2D eigenvalue weighted by Crippen LogP contribution is 1.98. The lowest BCUT2D eigenvalue weighted by molar-refractivity contribution is -0.151. The van der Waals surface area contributed by atoms with Crippen LogP contribution in [0.25, 0.3) is 0 Å². The van der Waals surface area contributed by atoms with Gasteiger partial charge in [0, 0.05) is 0 Å². The average Bonchev–Trinajstić information content (AvgIpc) is 2.03. The number of carbonyl (C=O) groups excluding carboxylic acids is 1. The van der Waals surface area contributed by atoms with Crippen LogP contribution in [0.2, 0.25) is 0 Å². The minimum absolute atomic E-state index is 1.12. The Labute approximate surface area is 79.2 Å². The normalized spacial score (nSPS) is 13.9. The van der Waals surface area contributed by atoms with Gasteiger partial charge in [0.25, 0.3) is 0 Å². The second-order valence-corrected chi connectivity index (χ2v) is 2.45. The molecule has 0 bridgehead atoms. The molecule has 0 fully saturated rings. The smallest absolute Gasteiger partial charge is 0.479 e. The molecule has 0 aliphatic rings. The third-order valence-electron chi connectivity index (χ3n) is 1.24. The maximum absolute atomic E-state index is 10.7. The Bertz CT molecular complexity index is 222. The first kappa shape index (κ1) is 12.2. The van der Waals surface area contributed by atoms with E-state index < -0.39 is 30.3 Å². The fourth-order valence-corrected chi connectivity index (χ4v) is 0.417. The van der Waals surface area contributed by atoms with Crippen molar-refractivity contribution in [2.45, 2.75) is 26.1 Å². The maximum Gasteiger partial charge on any atom is 0.509 e. The highest BCUT2D eigenvalue weighted by atomic mass is 16.7. The molecule has 0 aliphatic heterocycles. The molecule has 0 aromatic carbocycles. The predicted octanol–water partition coefficient (Wildman–Crippen LogP) is 0.0858. The lowest BCUT2D eigenvalue weighted by atomic mass is 10.4. The van der Waals surface area contributed by atoms with Crippen LogP contribution >= 0.6 is 0 Å². The summed E-state index contributed by atoms with van der Waals surface area (Å²) in [5, 5.41) is 16.7. The van der Waals surface area contributed by atoms with Crippen LogP contribution in [-0.4, -0.2) is 40.5 Å². The molecular formula is C7H10O7. The van der Waals surface area contributed by atoms with Gasteiger partial charge in [-0.3, -0.25) is 0 Å². The van der Waals surface area contributed by atoms with E-state index in [1.165, 1.54) is 0 Å². The zero-order valence-electron chi connectivity index (χ0n) is 7.59. The lowest BCUT2D eigenvalue weighted by Crippen LogP contribution is -2.29. The second-order valence-electron chi connectivity index (χ2n) is 2.45. The molecule has 7 heteroatoms. The standard InChI is InChI=1S/C7H10O7/c1-3(5(8)9)13-7(12)14-4(2)6(10)11/h3-4H,1-2H3,(H,8,9)(H,10,11). The van der Waals surface area contributed by atoms with Crippen molar-refractivity contribution in [1.29, 1.82) is 0 Å². The molecule has 0 aromatic heterocycles. The van der Waals surface area contributed by atoms with E-state index in [0.29, 0.717) is 0 Å². The Morgan fingerprint density at radius 3 is 1.43 bits per heavy atom. The van der Waals surface area contributed by atoms with Crippen molar-refractivity contribution in [3.63, 3.8) is 0 Å². The molecule has 14 heavy (non-hydrogen) atoms. The summed E-state index contributed by atoms with van der Waals surface area (Å²) in [6, 6.07) is 0. The first-order valence-corrected chi connectivity index (χ1v) is 3.67. The molecule has 0 radical (unpaired) electrons. The zero-order chi connectivity index (χ0) is 11.3. The van der Waals surface area contributed by atoms with Crippen LogP contribution in [0.5, 0.6) is 0 Å². The minimum Gasteiger partial charge on any atom is -0.479 e.